The van der Waals surface area contributed by atoms with E-state index in [9.17, 15) is 9.59 Å². The summed E-state index contributed by atoms with van der Waals surface area (Å²) in [5.74, 6) is 0.236. The predicted octanol–water partition coefficient (Wildman–Crippen LogP) is 3.95. The number of carbonyl (C=O) groups excluding carboxylic acids is 1. The quantitative estimate of drug-likeness (QED) is 0.148. The molecule has 0 aromatic carbocycles. The number of fused-ring (bicyclic) bond motifs is 1. The SMILES string of the molecule is CCCCCCCCCCCC(N)N.O=C(O)CCCC[C@@H]1SC[C@@H]2NC(=O)N[C@@H]21. The number of carboxylic acid groups (broad SMARTS) is 1. The Bertz CT molecular complexity index is 479. The van der Waals surface area contributed by atoms with Gasteiger partial charge in [-0.05, 0) is 19.3 Å². The van der Waals surface area contributed by atoms with Crippen molar-refractivity contribution in [1.29, 1.82) is 0 Å². The monoisotopic (exact) mass is 444 g/mol. The van der Waals surface area contributed by atoms with E-state index in [1.54, 1.807) is 0 Å². The second-order valence-electron chi connectivity index (χ2n) is 8.54. The van der Waals surface area contributed by atoms with E-state index in [-0.39, 0.29) is 30.7 Å². The molecule has 3 atom stereocenters. The number of carboxylic acids is 1. The molecule has 0 unspecified atom stereocenters. The van der Waals surface area contributed by atoms with Gasteiger partial charge in [-0.1, -0.05) is 71.1 Å². The van der Waals surface area contributed by atoms with Gasteiger partial charge in [-0.15, -0.1) is 0 Å². The van der Waals surface area contributed by atoms with Crippen LogP contribution in [-0.4, -0.2) is 46.4 Å². The van der Waals surface area contributed by atoms with E-state index in [1.165, 1.54) is 57.8 Å². The van der Waals surface area contributed by atoms with Gasteiger partial charge in [0.2, 0.25) is 0 Å². The normalized spacial score (nSPS) is 22.3. The third-order valence-electron chi connectivity index (χ3n) is 5.71. The molecule has 7 nitrogen and oxygen atoms in total. The minimum Gasteiger partial charge on any atom is -0.481 e. The molecule has 2 rings (SSSR count). The Morgan fingerprint density at radius 1 is 1.03 bits per heavy atom. The van der Waals surface area contributed by atoms with Crippen molar-refractivity contribution in [2.75, 3.05) is 5.75 Å². The van der Waals surface area contributed by atoms with Crippen molar-refractivity contribution in [2.24, 2.45) is 11.5 Å². The topological polar surface area (TPSA) is 130 Å². The average molecular weight is 445 g/mol. The highest BCUT2D eigenvalue weighted by molar-refractivity contribution is 8.00. The fraction of sp³-hybridized carbons (Fsp3) is 0.909. The van der Waals surface area contributed by atoms with E-state index in [0.717, 1.165) is 31.4 Å². The summed E-state index contributed by atoms with van der Waals surface area (Å²) in [7, 11) is 0. The molecule has 0 aliphatic carbocycles. The van der Waals surface area contributed by atoms with Crippen LogP contribution in [0.3, 0.4) is 0 Å². The van der Waals surface area contributed by atoms with Crippen LogP contribution in [0.15, 0.2) is 0 Å². The van der Waals surface area contributed by atoms with Gasteiger partial charge < -0.3 is 27.2 Å². The number of amides is 2. The van der Waals surface area contributed by atoms with E-state index >= 15 is 0 Å². The highest BCUT2D eigenvalue weighted by Crippen LogP contribution is 2.33. The van der Waals surface area contributed by atoms with Gasteiger partial charge in [-0.3, -0.25) is 4.79 Å². The summed E-state index contributed by atoms with van der Waals surface area (Å²) in [5, 5.41) is 14.8. The third kappa shape index (κ3) is 12.6. The lowest BCUT2D eigenvalue weighted by molar-refractivity contribution is -0.137. The van der Waals surface area contributed by atoms with Crippen molar-refractivity contribution < 1.29 is 14.7 Å². The van der Waals surface area contributed by atoms with Crippen LogP contribution in [0, 0.1) is 0 Å². The molecule has 2 saturated heterocycles. The molecule has 30 heavy (non-hydrogen) atoms. The first-order valence-electron chi connectivity index (χ1n) is 11.9. The molecule has 2 fully saturated rings. The van der Waals surface area contributed by atoms with Gasteiger partial charge in [-0.25, -0.2) is 4.79 Å². The van der Waals surface area contributed by atoms with Gasteiger partial charge in [0.15, 0.2) is 0 Å². The van der Waals surface area contributed by atoms with Crippen molar-refractivity contribution in [2.45, 2.75) is 120 Å². The van der Waals surface area contributed by atoms with Crippen molar-refractivity contribution in [3.63, 3.8) is 0 Å². The maximum Gasteiger partial charge on any atom is 0.315 e. The Morgan fingerprint density at radius 3 is 2.27 bits per heavy atom. The van der Waals surface area contributed by atoms with Gasteiger partial charge >= 0.3 is 12.0 Å². The number of aliphatic carboxylic acids is 1. The minimum atomic E-state index is -0.729. The molecule has 2 aliphatic heterocycles. The molecule has 0 bridgehead atoms. The maximum atomic E-state index is 11.1. The standard InChI is InChI=1S/C12H28N2.C10H16N2O3S/c1-2-3-4-5-6-7-8-9-10-11-12(13)14;13-8(14)4-2-1-3-7-9-6(5-16-7)11-10(15)12-9/h12H,2-11,13-14H2,1H3;6-7,9H,1-5H2,(H,13,14)(H2,11,12,15)/t;6-,7-,9-/m.0/s1. The summed E-state index contributed by atoms with van der Waals surface area (Å²) < 4.78 is 0. The molecular formula is C22H44N4O3S. The largest absolute Gasteiger partial charge is 0.481 e. The van der Waals surface area contributed by atoms with E-state index < -0.39 is 5.97 Å². The van der Waals surface area contributed by atoms with Crippen molar-refractivity contribution in [1.82, 2.24) is 10.6 Å². The number of rotatable bonds is 15. The fourth-order valence-electron chi connectivity index (χ4n) is 3.96. The first-order valence-corrected chi connectivity index (χ1v) is 12.9. The van der Waals surface area contributed by atoms with Crippen LogP contribution < -0.4 is 22.1 Å². The van der Waals surface area contributed by atoms with Crippen molar-refractivity contribution >= 4 is 23.8 Å². The van der Waals surface area contributed by atoms with Gasteiger partial charge in [0.05, 0.1) is 18.2 Å². The predicted molar refractivity (Wildman–Crippen MR) is 126 cm³/mol. The molecule has 2 heterocycles. The summed E-state index contributed by atoms with van der Waals surface area (Å²) >= 11 is 1.87. The van der Waals surface area contributed by atoms with Crippen molar-refractivity contribution in [3.05, 3.63) is 0 Å². The molecule has 0 aromatic rings. The van der Waals surface area contributed by atoms with E-state index in [4.69, 9.17) is 16.6 Å². The van der Waals surface area contributed by atoms with Crippen molar-refractivity contribution in [3.8, 4) is 0 Å². The molecular weight excluding hydrogens is 400 g/mol. The number of carbonyl (C=O) groups is 2. The van der Waals surface area contributed by atoms with Crippen LogP contribution in [-0.2, 0) is 4.79 Å². The number of urea groups is 1. The molecule has 0 aromatic heterocycles. The molecule has 2 amide bonds. The number of nitrogens with two attached hydrogens (primary N) is 2. The summed E-state index contributed by atoms with van der Waals surface area (Å²) in [6.07, 6.45) is 16.0. The molecule has 0 saturated carbocycles. The summed E-state index contributed by atoms with van der Waals surface area (Å²) in [6.45, 7) is 2.26. The van der Waals surface area contributed by atoms with E-state index in [1.807, 2.05) is 11.8 Å². The first-order chi connectivity index (χ1) is 14.4. The fourth-order valence-corrected chi connectivity index (χ4v) is 5.50. The molecule has 176 valence electrons. The van der Waals surface area contributed by atoms with Gasteiger partial charge in [-0.2, -0.15) is 11.8 Å². The van der Waals surface area contributed by atoms with Crippen LogP contribution >= 0.6 is 11.8 Å². The molecule has 8 heteroatoms. The van der Waals surface area contributed by atoms with Crippen LogP contribution in [0.25, 0.3) is 0 Å². The summed E-state index contributed by atoms with van der Waals surface area (Å²) in [6, 6.07) is 0.440. The van der Waals surface area contributed by atoms with Gasteiger partial charge in [0.25, 0.3) is 0 Å². The first kappa shape index (κ1) is 27.0. The van der Waals surface area contributed by atoms with Crippen LogP contribution in [0.5, 0.6) is 0 Å². The maximum absolute atomic E-state index is 11.1. The Morgan fingerprint density at radius 2 is 1.67 bits per heavy atom. The Balaban J connectivity index is 0.000000304. The van der Waals surface area contributed by atoms with Crippen LogP contribution in [0.4, 0.5) is 4.79 Å². The number of hydrogen-bond donors (Lipinski definition) is 5. The van der Waals surface area contributed by atoms with Crippen LogP contribution in [0.2, 0.25) is 0 Å². The second-order valence-corrected chi connectivity index (χ2v) is 9.81. The highest BCUT2D eigenvalue weighted by Gasteiger charge is 2.42. The number of nitrogens with one attached hydrogen (secondary N) is 2. The second kappa shape index (κ2) is 16.7. The molecule has 0 spiro atoms. The number of thioether (sulfide) groups is 1. The van der Waals surface area contributed by atoms with Gasteiger partial charge in [0.1, 0.15) is 0 Å². The molecule has 0 radical (unpaired) electrons. The Kier molecular flexibility index (Phi) is 15.0. The van der Waals surface area contributed by atoms with Gasteiger partial charge in [0, 0.05) is 17.4 Å². The lowest BCUT2D eigenvalue weighted by Gasteiger charge is -2.16. The number of hydrogen-bond acceptors (Lipinski definition) is 5. The Hall–Kier alpha value is -0.990. The lowest BCUT2D eigenvalue weighted by atomic mass is 10.0. The minimum absolute atomic E-state index is 0.0640. The molecule has 2 aliphatic rings. The summed E-state index contributed by atoms with van der Waals surface area (Å²) in [4.78, 5) is 21.5. The van der Waals surface area contributed by atoms with E-state index in [2.05, 4.69) is 17.6 Å². The zero-order valence-corrected chi connectivity index (χ0v) is 19.6. The Labute approximate surface area is 186 Å². The average Bonchev–Trinajstić information content (AvgIpc) is 3.23. The zero-order chi connectivity index (χ0) is 22.2. The third-order valence-corrected chi connectivity index (χ3v) is 7.22. The highest BCUT2D eigenvalue weighted by atomic mass is 32.2. The molecule has 7 N–H and O–H groups in total. The smallest absolute Gasteiger partial charge is 0.315 e. The number of unbranched alkanes of at least 4 members (excludes halogenated alkanes) is 9. The zero-order valence-electron chi connectivity index (χ0n) is 18.7. The van der Waals surface area contributed by atoms with Crippen LogP contribution in [0.1, 0.15) is 96.8 Å². The lowest BCUT2D eigenvalue weighted by Crippen LogP contribution is -2.36. The van der Waals surface area contributed by atoms with E-state index in [0.29, 0.717) is 5.25 Å². The summed E-state index contributed by atoms with van der Waals surface area (Å²) in [5.41, 5.74) is 10.9.